The first-order valence-electron chi connectivity index (χ1n) is 5.53. The second-order valence-corrected chi connectivity index (χ2v) is 4.17. The van der Waals surface area contributed by atoms with Crippen molar-refractivity contribution in [2.24, 2.45) is 7.05 Å². The first-order chi connectivity index (χ1) is 9.06. The largest absolute Gasteiger partial charge is 0.478 e. The molecule has 0 aliphatic rings. The molecule has 2 N–H and O–H groups in total. The predicted octanol–water partition coefficient (Wildman–Crippen LogP) is 0.750. The fourth-order valence-corrected chi connectivity index (χ4v) is 2.02. The van der Waals surface area contributed by atoms with Gasteiger partial charge in [-0.2, -0.15) is 5.10 Å². The lowest BCUT2D eigenvalue weighted by Crippen LogP contribution is -2.14. The molecular formula is C12H10N4O3. The number of H-pyrrole nitrogens is 1. The number of carboxylic acids is 1. The van der Waals surface area contributed by atoms with E-state index in [2.05, 4.69) is 10.1 Å². The summed E-state index contributed by atoms with van der Waals surface area (Å²) in [5.41, 5.74) is 1.48. The molecule has 0 bridgehead atoms. The molecule has 0 saturated carbocycles. The number of nitrogens with one attached hydrogen (secondary N) is 1. The number of aromatic carboxylic acids is 1. The van der Waals surface area contributed by atoms with Gasteiger partial charge in [0.05, 0.1) is 28.5 Å². The molecule has 2 aromatic heterocycles. The lowest BCUT2D eigenvalue weighted by molar-refractivity contribution is 0.0697. The Kier molecular flexibility index (Phi) is 2.28. The van der Waals surface area contributed by atoms with Gasteiger partial charge in [-0.3, -0.25) is 9.25 Å². The molecule has 7 nitrogen and oxygen atoms in total. The van der Waals surface area contributed by atoms with Gasteiger partial charge in [0.1, 0.15) is 0 Å². The monoisotopic (exact) mass is 258 g/mol. The first-order valence-corrected chi connectivity index (χ1v) is 5.53. The maximum atomic E-state index is 12.0. The lowest BCUT2D eigenvalue weighted by atomic mass is 10.2. The van der Waals surface area contributed by atoms with Crippen LogP contribution in [0.5, 0.6) is 0 Å². The average Bonchev–Trinajstić information content (AvgIpc) is 2.90. The van der Waals surface area contributed by atoms with Gasteiger partial charge in [0.2, 0.25) is 0 Å². The number of rotatable bonds is 2. The Morgan fingerprint density at radius 1 is 1.42 bits per heavy atom. The normalized spacial score (nSPS) is 11.0. The molecule has 0 spiro atoms. The van der Waals surface area contributed by atoms with Crippen LogP contribution in [0, 0.1) is 0 Å². The molecule has 0 aliphatic heterocycles. The third-order valence-corrected chi connectivity index (χ3v) is 2.88. The minimum absolute atomic E-state index is 0.129. The number of imidazole rings is 1. The van der Waals surface area contributed by atoms with E-state index in [4.69, 9.17) is 5.11 Å². The van der Waals surface area contributed by atoms with Gasteiger partial charge in [-0.05, 0) is 18.2 Å². The van der Waals surface area contributed by atoms with Crippen molar-refractivity contribution >= 4 is 17.0 Å². The zero-order valence-electron chi connectivity index (χ0n) is 9.99. The summed E-state index contributed by atoms with van der Waals surface area (Å²) in [7, 11) is 1.74. The molecule has 1 aromatic carbocycles. The van der Waals surface area contributed by atoms with Crippen LogP contribution < -0.4 is 5.69 Å². The third kappa shape index (κ3) is 1.71. The highest BCUT2D eigenvalue weighted by atomic mass is 16.4. The number of hydrogen-bond acceptors (Lipinski definition) is 3. The zero-order valence-corrected chi connectivity index (χ0v) is 9.99. The van der Waals surface area contributed by atoms with E-state index in [1.54, 1.807) is 30.2 Å². The molecule has 2 heterocycles. The van der Waals surface area contributed by atoms with Gasteiger partial charge >= 0.3 is 11.7 Å². The number of fused-ring (bicyclic) bond motifs is 1. The van der Waals surface area contributed by atoms with Gasteiger partial charge in [0, 0.05) is 13.2 Å². The maximum absolute atomic E-state index is 12.0. The number of benzene rings is 1. The zero-order chi connectivity index (χ0) is 13.6. The number of aromatic amines is 1. The molecule has 0 atom stereocenters. The standard InChI is InChI=1S/C12H10N4O3/c1-15-6-8(5-13-15)16-10-4-7(11(17)18)2-3-9(10)14-12(16)19/h2-6H,1H3,(H,14,19)(H,17,18). The van der Waals surface area contributed by atoms with Crippen molar-refractivity contribution in [2.45, 2.75) is 0 Å². The molecule has 0 aliphatic carbocycles. The Morgan fingerprint density at radius 2 is 2.21 bits per heavy atom. The Morgan fingerprint density at radius 3 is 2.84 bits per heavy atom. The summed E-state index contributed by atoms with van der Waals surface area (Å²) < 4.78 is 2.97. The van der Waals surface area contributed by atoms with Crippen LogP contribution in [0.4, 0.5) is 0 Å². The molecule has 0 fully saturated rings. The Labute approximate surface area is 106 Å². The SMILES string of the molecule is Cn1cc(-n2c(=O)[nH]c3ccc(C(=O)O)cc32)cn1. The van der Waals surface area contributed by atoms with Gasteiger partial charge < -0.3 is 10.1 Å². The summed E-state index contributed by atoms with van der Waals surface area (Å²) in [6.45, 7) is 0. The van der Waals surface area contributed by atoms with Gasteiger partial charge in [0.25, 0.3) is 0 Å². The van der Waals surface area contributed by atoms with Crippen LogP contribution in [0.1, 0.15) is 10.4 Å². The molecule has 7 heteroatoms. The number of carbonyl (C=O) groups is 1. The topological polar surface area (TPSA) is 92.9 Å². The highest BCUT2D eigenvalue weighted by Gasteiger charge is 2.12. The molecule has 3 rings (SSSR count). The highest BCUT2D eigenvalue weighted by molar-refractivity contribution is 5.92. The fourth-order valence-electron chi connectivity index (χ4n) is 2.02. The number of nitrogens with zero attached hydrogens (tertiary/aromatic N) is 3. The third-order valence-electron chi connectivity index (χ3n) is 2.88. The number of carboxylic acid groups (broad SMARTS) is 1. The number of aryl methyl sites for hydroxylation is 1. The van der Waals surface area contributed by atoms with E-state index >= 15 is 0 Å². The fraction of sp³-hybridized carbons (Fsp3) is 0.0833. The smallest absolute Gasteiger partial charge is 0.335 e. The van der Waals surface area contributed by atoms with Crippen molar-refractivity contribution in [1.29, 1.82) is 0 Å². The van der Waals surface area contributed by atoms with Crippen molar-refractivity contribution in [3.05, 3.63) is 46.6 Å². The highest BCUT2D eigenvalue weighted by Crippen LogP contribution is 2.16. The Bertz CT molecular complexity index is 840. The molecule has 19 heavy (non-hydrogen) atoms. The molecule has 96 valence electrons. The molecule has 0 saturated heterocycles. The van der Waals surface area contributed by atoms with Crippen LogP contribution in [-0.4, -0.2) is 30.4 Å². The Hall–Kier alpha value is -2.83. The lowest BCUT2D eigenvalue weighted by Gasteiger charge is -2.00. The van der Waals surface area contributed by atoms with Crippen molar-refractivity contribution in [3.8, 4) is 5.69 Å². The van der Waals surface area contributed by atoms with Crippen LogP contribution in [0.3, 0.4) is 0 Å². The molecule has 0 unspecified atom stereocenters. The van der Waals surface area contributed by atoms with Crippen LogP contribution in [0.2, 0.25) is 0 Å². The molecule has 0 radical (unpaired) electrons. The van der Waals surface area contributed by atoms with Crippen LogP contribution in [-0.2, 0) is 7.05 Å². The summed E-state index contributed by atoms with van der Waals surface area (Å²) in [5, 5.41) is 13.0. The van der Waals surface area contributed by atoms with Crippen molar-refractivity contribution in [1.82, 2.24) is 19.3 Å². The van der Waals surface area contributed by atoms with Crippen molar-refractivity contribution < 1.29 is 9.90 Å². The summed E-state index contributed by atoms with van der Waals surface area (Å²) in [4.78, 5) is 25.6. The second-order valence-electron chi connectivity index (χ2n) is 4.17. The van der Waals surface area contributed by atoms with E-state index < -0.39 is 5.97 Å². The minimum atomic E-state index is -1.03. The van der Waals surface area contributed by atoms with Crippen molar-refractivity contribution in [2.75, 3.05) is 0 Å². The van der Waals surface area contributed by atoms with Crippen molar-refractivity contribution in [3.63, 3.8) is 0 Å². The van der Waals surface area contributed by atoms with Gasteiger partial charge in [-0.25, -0.2) is 9.59 Å². The molecular weight excluding hydrogens is 248 g/mol. The van der Waals surface area contributed by atoms with E-state index in [1.165, 1.54) is 16.7 Å². The van der Waals surface area contributed by atoms with E-state index in [9.17, 15) is 9.59 Å². The summed E-state index contributed by atoms with van der Waals surface area (Å²) >= 11 is 0. The Balaban J connectivity index is 2.34. The van der Waals surface area contributed by atoms with E-state index in [0.717, 1.165) is 0 Å². The maximum Gasteiger partial charge on any atom is 0.335 e. The van der Waals surface area contributed by atoms with E-state index in [0.29, 0.717) is 16.7 Å². The van der Waals surface area contributed by atoms with Crippen LogP contribution in [0.15, 0.2) is 35.4 Å². The van der Waals surface area contributed by atoms with E-state index in [-0.39, 0.29) is 11.3 Å². The van der Waals surface area contributed by atoms with E-state index in [1.807, 2.05) is 0 Å². The second kappa shape index (κ2) is 3.84. The summed E-state index contributed by atoms with van der Waals surface area (Å²) in [5.74, 6) is -1.03. The summed E-state index contributed by atoms with van der Waals surface area (Å²) in [6, 6.07) is 4.49. The molecule has 3 aromatic rings. The quantitative estimate of drug-likeness (QED) is 0.709. The van der Waals surface area contributed by atoms with Gasteiger partial charge in [-0.15, -0.1) is 0 Å². The number of hydrogen-bond donors (Lipinski definition) is 2. The van der Waals surface area contributed by atoms with Crippen LogP contribution >= 0.6 is 0 Å². The van der Waals surface area contributed by atoms with Gasteiger partial charge in [0.15, 0.2) is 0 Å². The van der Waals surface area contributed by atoms with Crippen LogP contribution in [0.25, 0.3) is 16.7 Å². The number of aromatic nitrogens is 4. The summed E-state index contributed by atoms with van der Waals surface area (Å²) in [6.07, 6.45) is 3.23. The predicted molar refractivity (Wildman–Crippen MR) is 67.6 cm³/mol. The average molecular weight is 258 g/mol. The minimum Gasteiger partial charge on any atom is -0.478 e. The molecule has 0 amide bonds. The van der Waals surface area contributed by atoms with Gasteiger partial charge in [-0.1, -0.05) is 0 Å². The first kappa shape index (κ1) is 11.3.